The fraction of sp³-hybridized carbons (Fsp3) is 1.00. The number of rotatable bonds is 5. The van der Waals surface area contributed by atoms with Gasteiger partial charge in [0.05, 0.1) is 5.75 Å². The molecule has 0 aromatic rings. The van der Waals surface area contributed by atoms with Crippen LogP contribution in [0.3, 0.4) is 0 Å². The summed E-state index contributed by atoms with van der Waals surface area (Å²) >= 11 is 0. The second-order valence-electron chi connectivity index (χ2n) is 3.28. The van der Waals surface area contributed by atoms with Crippen molar-refractivity contribution in [3.05, 3.63) is 0 Å². The van der Waals surface area contributed by atoms with E-state index < -0.39 is 32.3 Å². The van der Waals surface area contributed by atoms with Crippen LogP contribution in [0.4, 0.5) is 12.9 Å². The Labute approximate surface area is 146 Å². The van der Waals surface area contributed by atoms with Gasteiger partial charge in [-0.3, -0.25) is 17.5 Å². The van der Waals surface area contributed by atoms with Crippen molar-refractivity contribution >= 4 is 51.2 Å². The number of hydrogen-bond acceptors (Lipinski definition) is 8. The summed E-state index contributed by atoms with van der Waals surface area (Å²) in [6.07, 6.45) is 3.57. The molecule has 7 N–H and O–H groups in total. The van der Waals surface area contributed by atoms with Crippen LogP contribution in [0.2, 0.25) is 0 Å². The quantitative estimate of drug-likeness (QED) is 0.159. The zero-order valence-corrected chi connectivity index (χ0v) is 12.6. The third-order valence-electron chi connectivity index (χ3n) is 1.26. The zero-order chi connectivity index (χ0) is 18.8. The van der Waals surface area contributed by atoms with Gasteiger partial charge in [0.25, 0.3) is 10.1 Å². The van der Waals surface area contributed by atoms with E-state index in [-0.39, 0.29) is 24.6 Å². The number of unbranched alkanes of at least 4 members (excludes halogenated alkanes) is 3. The van der Waals surface area contributed by atoms with E-state index >= 15 is 0 Å². The fourth-order valence-electron chi connectivity index (χ4n) is 0.711. The van der Waals surface area contributed by atoms with Crippen LogP contribution in [-0.2, 0) is 10.1 Å². The Hall–Kier alpha value is 0.252. The van der Waals surface area contributed by atoms with Crippen molar-refractivity contribution < 1.29 is 56.1 Å². The van der Waals surface area contributed by atoms with Gasteiger partial charge in [-0.15, -0.1) is 0 Å². The Kier molecular flexibility index (Phi) is 36.8. The second kappa shape index (κ2) is 24.5. The summed E-state index contributed by atoms with van der Waals surface area (Å²) < 4.78 is 58.9. The minimum absolute atomic E-state index is 0. The molecule has 9 nitrogen and oxygen atoms in total. The van der Waals surface area contributed by atoms with E-state index in [2.05, 4.69) is 0 Å². The molecule has 0 unspecified atom stereocenters. The van der Waals surface area contributed by atoms with Crippen LogP contribution in [0, 0.1) is 0 Å². The first-order valence-corrected chi connectivity index (χ1v) is 7.32. The van der Waals surface area contributed by atoms with Crippen LogP contribution in [0.25, 0.3) is 0 Å². The molecule has 0 amide bonds. The molecule has 0 fully saturated rings. The molecule has 0 saturated carbocycles. The molecule has 0 atom stereocenters. The normalized spacial score (nSPS) is 8.65. The average molecular weight is 366 g/mol. The van der Waals surface area contributed by atoms with Crippen molar-refractivity contribution in [1.29, 1.82) is 0 Å². The molecule has 0 aromatic carbocycles. The SMILES string of the molecule is CCCCCCS(=O)(=O)O.OB(O)F.OB(O)F.OB(O)F.[LiH]. The summed E-state index contributed by atoms with van der Waals surface area (Å²) in [4.78, 5) is 0. The predicted octanol–water partition coefficient (Wildman–Crippen LogP) is -2.42. The van der Waals surface area contributed by atoms with Gasteiger partial charge in [0.1, 0.15) is 0 Å². The van der Waals surface area contributed by atoms with Crippen molar-refractivity contribution in [2.45, 2.75) is 32.6 Å². The molecule has 0 aliphatic carbocycles. The van der Waals surface area contributed by atoms with Crippen LogP contribution < -0.4 is 0 Å². The van der Waals surface area contributed by atoms with Crippen molar-refractivity contribution in [2.75, 3.05) is 5.75 Å². The van der Waals surface area contributed by atoms with E-state index in [1.807, 2.05) is 6.92 Å². The van der Waals surface area contributed by atoms with Gasteiger partial charge in [-0.05, 0) is 6.42 Å². The van der Waals surface area contributed by atoms with Gasteiger partial charge in [-0.1, -0.05) is 26.2 Å². The summed E-state index contributed by atoms with van der Waals surface area (Å²) in [5, 5.41) is 41.7. The van der Waals surface area contributed by atoms with Gasteiger partial charge in [0.2, 0.25) is 0 Å². The third kappa shape index (κ3) is 174. The van der Waals surface area contributed by atoms with Crippen molar-refractivity contribution in [1.82, 2.24) is 0 Å². The first kappa shape index (κ1) is 34.6. The molecular formula is C6H21B3F3LiO9S. The van der Waals surface area contributed by atoms with Gasteiger partial charge in [-0.2, -0.15) is 8.42 Å². The van der Waals surface area contributed by atoms with Crippen molar-refractivity contribution in [3.63, 3.8) is 0 Å². The molecule has 0 radical (unpaired) electrons. The number of halogens is 3. The Morgan fingerprint density at radius 1 is 0.783 bits per heavy atom. The standard InChI is InChI=1S/C6H14O3S.3BFH2O2.Li.H/c1-2-3-4-5-6-10(7,8)9;3*2-1(3)4;;/h2-6H2,1H3,(H,7,8,9);3*3-4H;;. The molecule has 0 bridgehead atoms. The first-order chi connectivity index (χ1) is 9.76. The van der Waals surface area contributed by atoms with E-state index in [0.717, 1.165) is 19.3 Å². The Morgan fingerprint density at radius 2 is 1.04 bits per heavy atom. The van der Waals surface area contributed by atoms with Gasteiger partial charge < -0.3 is 30.1 Å². The molecule has 17 heteroatoms. The maximum absolute atomic E-state index is 10.1. The molecule has 0 aromatic heterocycles. The summed E-state index contributed by atoms with van der Waals surface area (Å²) in [5.41, 5.74) is 0. The Bertz CT molecular complexity index is 278. The zero-order valence-electron chi connectivity index (χ0n) is 11.8. The van der Waals surface area contributed by atoms with Gasteiger partial charge in [-0.25, -0.2) is 0 Å². The van der Waals surface area contributed by atoms with E-state index in [1.54, 1.807) is 0 Å². The topological polar surface area (TPSA) is 176 Å². The van der Waals surface area contributed by atoms with Crippen LogP contribution in [0.15, 0.2) is 0 Å². The Balaban J connectivity index is -0.0000000700. The fourth-order valence-corrected chi connectivity index (χ4v) is 1.28. The third-order valence-corrected chi connectivity index (χ3v) is 2.06. The van der Waals surface area contributed by atoms with Gasteiger partial charge in [0.15, 0.2) is 0 Å². The van der Waals surface area contributed by atoms with Gasteiger partial charge >= 0.3 is 41.0 Å². The molecular weight excluding hydrogens is 344 g/mol. The number of hydrogen-bond donors (Lipinski definition) is 7. The predicted molar refractivity (Wildman–Crippen MR) is 81.6 cm³/mol. The molecule has 136 valence electrons. The van der Waals surface area contributed by atoms with Crippen LogP contribution in [-0.4, -0.2) is 89.9 Å². The molecule has 0 rings (SSSR count). The minimum atomic E-state index is -3.70. The maximum atomic E-state index is 10.1. The van der Waals surface area contributed by atoms with E-state index in [1.165, 1.54) is 0 Å². The van der Waals surface area contributed by atoms with E-state index in [9.17, 15) is 21.4 Å². The molecule has 0 spiro atoms. The van der Waals surface area contributed by atoms with E-state index in [0.29, 0.717) is 6.42 Å². The molecule has 0 saturated heterocycles. The second-order valence-corrected chi connectivity index (χ2v) is 4.85. The molecule has 0 aliphatic rings. The summed E-state index contributed by atoms with van der Waals surface area (Å²) in [5.74, 6) is -0.0903. The Morgan fingerprint density at radius 3 is 1.22 bits per heavy atom. The van der Waals surface area contributed by atoms with E-state index in [4.69, 9.17) is 34.7 Å². The molecule has 0 aliphatic heterocycles. The van der Waals surface area contributed by atoms with Crippen LogP contribution in [0.5, 0.6) is 0 Å². The average Bonchev–Trinajstić information content (AvgIpc) is 2.20. The molecule has 23 heavy (non-hydrogen) atoms. The van der Waals surface area contributed by atoms with Gasteiger partial charge in [0, 0.05) is 0 Å². The monoisotopic (exact) mass is 366 g/mol. The summed E-state index contributed by atoms with van der Waals surface area (Å²) in [6, 6.07) is 0. The first-order valence-electron chi connectivity index (χ1n) is 5.72. The van der Waals surface area contributed by atoms with Crippen LogP contribution >= 0.6 is 0 Å². The van der Waals surface area contributed by atoms with Crippen LogP contribution in [0.1, 0.15) is 32.6 Å². The summed E-state index contributed by atoms with van der Waals surface area (Å²) in [6.45, 7) is 2.05. The summed E-state index contributed by atoms with van der Waals surface area (Å²) in [7, 11) is -11.7. The molecule has 0 heterocycles. The van der Waals surface area contributed by atoms with Crippen molar-refractivity contribution in [2.24, 2.45) is 0 Å². The van der Waals surface area contributed by atoms with Crippen molar-refractivity contribution in [3.8, 4) is 0 Å².